The number of hydrogen-bond acceptors (Lipinski definition) is 2. The van der Waals surface area contributed by atoms with Crippen LogP contribution in [0.25, 0.3) is 0 Å². The third-order valence-electron chi connectivity index (χ3n) is 2.25. The van der Waals surface area contributed by atoms with Crippen LogP contribution < -0.4 is 5.32 Å². The van der Waals surface area contributed by atoms with Gasteiger partial charge in [0.15, 0.2) is 0 Å². The zero-order valence-electron chi connectivity index (χ0n) is 9.27. The molecule has 1 rings (SSSR count). The van der Waals surface area contributed by atoms with Crippen LogP contribution in [0.5, 0.6) is 0 Å². The molecule has 17 heavy (non-hydrogen) atoms. The molecule has 0 saturated carbocycles. The van der Waals surface area contributed by atoms with Crippen molar-refractivity contribution in [3.63, 3.8) is 0 Å². The molecule has 0 atom stereocenters. The second-order valence-corrected chi connectivity index (χ2v) is 6.68. The van der Waals surface area contributed by atoms with Crippen LogP contribution in [0.2, 0.25) is 8.67 Å². The van der Waals surface area contributed by atoms with Gasteiger partial charge >= 0.3 is 0 Å². The summed E-state index contributed by atoms with van der Waals surface area (Å²) in [6.07, 6.45) is 4.49. The van der Waals surface area contributed by atoms with Gasteiger partial charge in [-0.15, -0.1) is 11.3 Å². The van der Waals surface area contributed by atoms with Crippen molar-refractivity contribution < 1.29 is 4.79 Å². The standard InChI is InChI=1S/C11H14BrCl2NOS/c12-5-3-1-2-4-6-15-11(16)8-7-9(13)17-10(8)14/h7H,1-6H2,(H,15,16). The lowest BCUT2D eigenvalue weighted by Gasteiger charge is -2.03. The maximum absolute atomic E-state index is 11.7. The molecule has 0 fully saturated rings. The lowest BCUT2D eigenvalue weighted by Crippen LogP contribution is -2.24. The lowest BCUT2D eigenvalue weighted by atomic mass is 10.2. The Morgan fingerprint density at radius 2 is 2.00 bits per heavy atom. The van der Waals surface area contributed by atoms with Gasteiger partial charge in [0.2, 0.25) is 0 Å². The van der Waals surface area contributed by atoms with Gasteiger partial charge < -0.3 is 5.32 Å². The Kier molecular flexibility index (Phi) is 7.51. The first-order chi connectivity index (χ1) is 8.15. The molecule has 0 aromatic carbocycles. The first-order valence-electron chi connectivity index (χ1n) is 5.44. The molecule has 0 radical (unpaired) electrons. The van der Waals surface area contributed by atoms with Crippen molar-refractivity contribution in [3.05, 3.63) is 20.3 Å². The van der Waals surface area contributed by atoms with Crippen molar-refractivity contribution in [1.29, 1.82) is 0 Å². The quantitative estimate of drug-likeness (QED) is 0.553. The number of nitrogens with one attached hydrogen (secondary N) is 1. The molecule has 0 aliphatic rings. The highest BCUT2D eigenvalue weighted by atomic mass is 79.9. The maximum atomic E-state index is 11.7. The monoisotopic (exact) mass is 357 g/mol. The van der Waals surface area contributed by atoms with Crippen LogP contribution in [0.15, 0.2) is 6.07 Å². The smallest absolute Gasteiger partial charge is 0.253 e. The molecule has 6 heteroatoms. The number of carbonyl (C=O) groups is 1. The molecule has 1 aromatic rings. The third kappa shape index (κ3) is 5.60. The maximum Gasteiger partial charge on any atom is 0.253 e. The molecule has 0 aliphatic carbocycles. The summed E-state index contributed by atoms with van der Waals surface area (Å²) in [6, 6.07) is 1.61. The summed E-state index contributed by atoms with van der Waals surface area (Å²) >= 11 is 16.3. The first kappa shape index (κ1) is 15.3. The van der Waals surface area contributed by atoms with Crippen LogP contribution in [0.1, 0.15) is 36.0 Å². The second-order valence-electron chi connectivity index (χ2n) is 3.60. The molecule has 96 valence electrons. The van der Waals surface area contributed by atoms with Crippen molar-refractivity contribution in [3.8, 4) is 0 Å². The fraction of sp³-hybridized carbons (Fsp3) is 0.545. The molecule has 1 N–H and O–H groups in total. The molecule has 0 bridgehead atoms. The van der Waals surface area contributed by atoms with Gasteiger partial charge in [-0.1, -0.05) is 52.0 Å². The lowest BCUT2D eigenvalue weighted by molar-refractivity contribution is 0.0953. The molecular formula is C11H14BrCl2NOS. The summed E-state index contributed by atoms with van der Waals surface area (Å²) in [4.78, 5) is 11.7. The van der Waals surface area contributed by atoms with E-state index in [1.807, 2.05) is 0 Å². The largest absolute Gasteiger partial charge is 0.352 e. The normalized spacial score (nSPS) is 10.5. The van der Waals surface area contributed by atoms with E-state index < -0.39 is 0 Å². The summed E-state index contributed by atoms with van der Waals surface area (Å²) < 4.78 is 0.990. The number of thiophene rings is 1. The molecule has 0 saturated heterocycles. The van der Waals surface area contributed by atoms with Crippen LogP contribution in [0.4, 0.5) is 0 Å². The number of unbranched alkanes of at least 4 members (excludes halogenated alkanes) is 3. The summed E-state index contributed by atoms with van der Waals surface area (Å²) in [7, 11) is 0. The average Bonchev–Trinajstić information content (AvgIpc) is 2.62. The van der Waals surface area contributed by atoms with E-state index in [1.165, 1.54) is 24.2 Å². The molecule has 2 nitrogen and oxygen atoms in total. The van der Waals surface area contributed by atoms with Gasteiger partial charge in [-0.2, -0.15) is 0 Å². The topological polar surface area (TPSA) is 29.1 Å². The third-order valence-corrected chi connectivity index (χ3v) is 4.30. The number of halogens is 3. The minimum absolute atomic E-state index is 0.140. The number of hydrogen-bond donors (Lipinski definition) is 1. The van der Waals surface area contributed by atoms with E-state index >= 15 is 0 Å². The molecule has 0 aliphatic heterocycles. The molecular weight excluding hydrogens is 345 g/mol. The van der Waals surface area contributed by atoms with E-state index in [9.17, 15) is 4.79 Å². The number of amides is 1. The summed E-state index contributed by atoms with van der Waals surface area (Å²) in [6.45, 7) is 0.685. The van der Waals surface area contributed by atoms with Gasteiger partial charge in [-0.05, 0) is 18.9 Å². The van der Waals surface area contributed by atoms with Gasteiger partial charge in [0.1, 0.15) is 4.34 Å². The van der Waals surface area contributed by atoms with E-state index in [4.69, 9.17) is 23.2 Å². The Morgan fingerprint density at radius 3 is 2.59 bits per heavy atom. The Balaban J connectivity index is 2.23. The van der Waals surface area contributed by atoms with E-state index in [1.54, 1.807) is 6.07 Å². The minimum Gasteiger partial charge on any atom is -0.352 e. The zero-order valence-corrected chi connectivity index (χ0v) is 13.2. The molecule has 1 aromatic heterocycles. The highest BCUT2D eigenvalue weighted by Crippen LogP contribution is 2.30. The summed E-state index contributed by atoms with van der Waals surface area (Å²) in [5.74, 6) is -0.140. The van der Waals surface area contributed by atoms with Crippen LogP contribution in [0.3, 0.4) is 0 Å². The SMILES string of the molecule is O=C(NCCCCCCBr)c1cc(Cl)sc1Cl. The predicted molar refractivity (Wildman–Crippen MR) is 78.9 cm³/mol. The molecule has 1 heterocycles. The average molecular weight is 359 g/mol. The zero-order chi connectivity index (χ0) is 12.7. The van der Waals surface area contributed by atoms with Gasteiger partial charge in [0.05, 0.1) is 9.90 Å². The van der Waals surface area contributed by atoms with E-state index in [2.05, 4.69) is 21.2 Å². The van der Waals surface area contributed by atoms with Crippen molar-refractivity contribution in [2.75, 3.05) is 11.9 Å². The van der Waals surface area contributed by atoms with E-state index in [0.29, 0.717) is 20.8 Å². The predicted octanol–water partition coefficient (Wildman–Crippen LogP) is 4.74. The van der Waals surface area contributed by atoms with E-state index in [0.717, 1.165) is 18.2 Å². The second kappa shape index (κ2) is 8.35. The van der Waals surface area contributed by atoms with Crippen molar-refractivity contribution in [2.24, 2.45) is 0 Å². The fourth-order valence-corrected chi connectivity index (χ4v) is 3.22. The van der Waals surface area contributed by atoms with Gasteiger partial charge in [-0.3, -0.25) is 4.79 Å². The minimum atomic E-state index is -0.140. The van der Waals surface area contributed by atoms with Gasteiger partial charge in [0.25, 0.3) is 5.91 Å². The summed E-state index contributed by atoms with van der Waals surface area (Å²) in [5, 5.41) is 3.89. The molecule has 0 spiro atoms. The van der Waals surface area contributed by atoms with Crippen LogP contribution in [-0.2, 0) is 0 Å². The van der Waals surface area contributed by atoms with Gasteiger partial charge in [-0.25, -0.2) is 0 Å². The Labute approximate surface area is 124 Å². The fourth-order valence-electron chi connectivity index (χ4n) is 1.37. The molecule has 0 unspecified atom stereocenters. The van der Waals surface area contributed by atoms with Crippen LogP contribution >= 0.6 is 50.5 Å². The number of alkyl halides is 1. The summed E-state index contributed by atoms with van der Waals surface area (Å²) in [5.41, 5.74) is 0.474. The highest BCUT2D eigenvalue weighted by molar-refractivity contribution is 9.09. The van der Waals surface area contributed by atoms with Crippen LogP contribution in [-0.4, -0.2) is 17.8 Å². The van der Waals surface area contributed by atoms with Gasteiger partial charge in [0, 0.05) is 11.9 Å². The van der Waals surface area contributed by atoms with Crippen molar-refractivity contribution in [1.82, 2.24) is 5.32 Å². The van der Waals surface area contributed by atoms with Crippen molar-refractivity contribution in [2.45, 2.75) is 25.7 Å². The van der Waals surface area contributed by atoms with E-state index in [-0.39, 0.29) is 5.91 Å². The Hall–Kier alpha value is 0.230. The van der Waals surface area contributed by atoms with Crippen LogP contribution in [0, 0.1) is 0 Å². The van der Waals surface area contributed by atoms with Crippen molar-refractivity contribution >= 4 is 56.4 Å². The molecule has 1 amide bonds. The number of rotatable bonds is 7. The highest BCUT2D eigenvalue weighted by Gasteiger charge is 2.13. The Bertz CT molecular complexity index is 370. The Morgan fingerprint density at radius 1 is 1.29 bits per heavy atom. The number of carbonyl (C=O) groups excluding carboxylic acids is 1. The first-order valence-corrected chi connectivity index (χ1v) is 8.13.